The standard InChI is InChI=1S/C10H10N2S/c13-12-7-6-11-10(12)8-9-4-2-1-3-5-9/h1-7,13H,8H2. The van der Waals surface area contributed by atoms with Crippen molar-refractivity contribution in [1.82, 2.24) is 8.96 Å². The molecule has 2 nitrogen and oxygen atoms in total. The SMILES string of the molecule is Sn1ccnc1Cc1ccccc1. The number of aromatic nitrogens is 2. The lowest BCUT2D eigenvalue weighted by molar-refractivity contribution is 0.996. The van der Waals surface area contributed by atoms with E-state index in [1.807, 2.05) is 24.4 Å². The highest BCUT2D eigenvalue weighted by molar-refractivity contribution is 7.78. The summed E-state index contributed by atoms with van der Waals surface area (Å²) in [7, 11) is 0. The summed E-state index contributed by atoms with van der Waals surface area (Å²) < 4.78 is 1.74. The van der Waals surface area contributed by atoms with Crippen LogP contribution in [0.5, 0.6) is 0 Å². The van der Waals surface area contributed by atoms with E-state index in [0.29, 0.717) is 0 Å². The van der Waals surface area contributed by atoms with E-state index in [1.54, 1.807) is 10.2 Å². The molecular formula is C10H10N2S. The van der Waals surface area contributed by atoms with Gasteiger partial charge in [0.05, 0.1) is 0 Å². The molecule has 2 rings (SSSR count). The fourth-order valence-electron chi connectivity index (χ4n) is 1.23. The van der Waals surface area contributed by atoms with Crippen molar-refractivity contribution in [1.29, 1.82) is 0 Å². The summed E-state index contributed by atoms with van der Waals surface area (Å²) in [5.74, 6) is 0.967. The third-order valence-corrected chi connectivity index (χ3v) is 2.27. The predicted molar refractivity (Wildman–Crippen MR) is 55.9 cm³/mol. The normalized spacial score (nSPS) is 10.2. The highest BCUT2D eigenvalue weighted by Crippen LogP contribution is 2.07. The van der Waals surface area contributed by atoms with Crippen LogP contribution in [0.2, 0.25) is 0 Å². The molecule has 1 aromatic carbocycles. The van der Waals surface area contributed by atoms with E-state index in [0.717, 1.165) is 12.2 Å². The highest BCUT2D eigenvalue weighted by Gasteiger charge is 1.99. The Morgan fingerprint density at radius 1 is 1.23 bits per heavy atom. The average molecular weight is 190 g/mol. The topological polar surface area (TPSA) is 17.8 Å². The number of imidazole rings is 1. The van der Waals surface area contributed by atoms with Crippen LogP contribution < -0.4 is 0 Å². The molecule has 1 aromatic heterocycles. The minimum absolute atomic E-state index is 0.831. The second-order valence-electron chi connectivity index (χ2n) is 2.85. The first kappa shape index (κ1) is 8.38. The van der Waals surface area contributed by atoms with Gasteiger partial charge in [0.2, 0.25) is 0 Å². The van der Waals surface area contributed by atoms with Gasteiger partial charge in [-0.15, -0.1) is 0 Å². The molecule has 0 radical (unpaired) electrons. The lowest BCUT2D eigenvalue weighted by Gasteiger charge is -1.99. The maximum absolute atomic E-state index is 4.23. The minimum atomic E-state index is 0.831. The molecule has 0 aliphatic carbocycles. The fourth-order valence-corrected chi connectivity index (χ4v) is 1.41. The highest BCUT2D eigenvalue weighted by atomic mass is 32.1. The van der Waals surface area contributed by atoms with Crippen molar-refractivity contribution < 1.29 is 0 Å². The lowest BCUT2D eigenvalue weighted by atomic mass is 10.1. The Morgan fingerprint density at radius 2 is 2.00 bits per heavy atom. The van der Waals surface area contributed by atoms with E-state index in [2.05, 4.69) is 29.9 Å². The first-order valence-electron chi connectivity index (χ1n) is 4.11. The Morgan fingerprint density at radius 3 is 2.62 bits per heavy atom. The van der Waals surface area contributed by atoms with Crippen molar-refractivity contribution in [2.24, 2.45) is 0 Å². The quantitative estimate of drug-likeness (QED) is 0.718. The van der Waals surface area contributed by atoms with Gasteiger partial charge in [0.25, 0.3) is 0 Å². The van der Waals surface area contributed by atoms with Crippen molar-refractivity contribution in [2.45, 2.75) is 6.42 Å². The van der Waals surface area contributed by atoms with Crippen molar-refractivity contribution in [3.63, 3.8) is 0 Å². The summed E-state index contributed by atoms with van der Waals surface area (Å²) in [4.78, 5) is 4.20. The Labute approximate surface area is 82.8 Å². The smallest absolute Gasteiger partial charge is 0.122 e. The van der Waals surface area contributed by atoms with Crippen LogP contribution in [-0.2, 0) is 6.42 Å². The summed E-state index contributed by atoms with van der Waals surface area (Å²) >= 11 is 4.23. The molecule has 0 fully saturated rings. The van der Waals surface area contributed by atoms with Gasteiger partial charge < -0.3 is 0 Å². The molecule has 0 aliphatic rings. The van der Waals surface area contributed by atoms with Crippen molar-refractivity contribution >= 4 is 12.8 Å². The molecule has 66 valence electrons. The van der Waals surface area contributed by atoms with Crippen molar-refractivity contribution in [3.8, 4) is 0 Å². The van der Waals surface area contributed by atoms with E-state index in [1.165, 1.54) is 5.56 Å². The van der Waals surface area contributed by atoms with Gasteiger partial charge in [-0.25, -0.2) is 4.98 Å². The zero-order chi connectivity index (χ0) is 9.10. The van der Waals surface area contributed by atoms with Crippen LogP contribution in [0, 0.1) is 0 Å². The molecule has 0 amide bonds. The van der Waals surface area contributed by atoms with Crippen LogP contribution in [0.1, 0.15) is 11.4 Å². The van der Waals surface area contributed by atoms with Gasteiger partial charge in [0, 0.05) is 18.8 Å². The number of nitrogens with zero attached hydrogens (tertiary/aromatic N) is 2. The molecule has 13 heavy (non-hydrogen) atoms. The average Bonchev–Trinajstić information content (AvgIpc) is 2.54. The molecule has 3 heteroatoms. The fraction of sp³-hybridized carbons (Fsp3) is 0.100. The Kier molecular flexibility index (Phi) is 2.36. The van der Waals surface area contributed by atoms with Crippen molar-refractivity contribution in [2.75, 3.05) is 0 Å². The van der Waals surface area contributed by atoms with E-state index >= 15 is 0 Å². The van der Waals surface area contributed by atoms with Crippen molar-refractivity contribution in [3.05, 3.63) is 54.1 Å². The Bertz CT molecular complexity index is 381. The molecule has 0 saturated heterocycles. The third kappa shape index (κ3) is 1.92. The number of thiol groups is 1. The van der Waals surface area contributed by atoms with Crippen LogP contribution in [0.25, 0.3) is 0 Å². The number of hydrogen-bond donors (Lipinski definition) is 1. The lowest BCUT2D eigenvalue weighted by Crippen LogP contribution is -1.94. The van der Waals surface area contributed by atoms with E-state index < -0.39 is 0 Å². The summed E-state index contributed by atoms with van der Waals surface area (Å²) in [5.41, 5.74) is 1.25. The first-order chi connectivity index (χ1) is 6.36. The second-order valence-corrected chi connectivity index (χ2v) is 3.28. The molecular weight excluding hydrogens is 180 g/mol. The molecule has 1 heterocycles. The zero-order valence-electron chi connectivity index (χ0n) is 7.09. The first-order valence-corrected chi connectivity index (χ1v) is 4.51. The molecule has 0 unspecified atom stereocenters. The largest absolute Gasteiger partial charge is 0.280 e. The summed E-state index contributed by atoms with van der Waals surface area (Å²) in [6.45, 7) is 0. The third-order valence-electron chi connectivity index (χ3n) is 1.90. The molecule has 0 N–H and O–H groups in total. The molecule has 0 saturated carbocycles. The summed E-state index contributed by atoms with van der Waals surface area (Å²) in [6, 6.07) is 10.2. The maximum atomic E-state index is 4.23. The summed E-state index contributed by atoms with van der Waals surface area (Å²) in [6.07, 6.45) is 4.42. The zero-order valence-corrected chi connectivity index (χ0v) is 7.98. The molecule has 0 bridgehead atoms. The Hall–Kier alpha value is -1.22. The molecule has 2 aromatic rings. The predicted octanol–water partition coefficient (Wildman–Crippen LogP) is 2.17. The van der Waals surface area contributed by atoms with Gasteiger partial charge in [-0.3, -0.25) is 3.97 Å². The van der Waals surface area contributed by atoms with Crippen LogP contribution in [-0.4, -0.2) is 8.96 Å². The maximum Gasteiger partial charge on any atom is 0.122 e. The van der Waals surface area contributed by atoms with E-state index in [4.69, 9.17) is 0 Å². The van der Waals surface area contributed by atoms with E-state index in [-0.39, 0.29) is 0 Å². The monoisotopic (exact) mass is 190 g/mol. The number of rotatable bonds is 2. The molecule has 0 aliphatic heterocycles. The number of hydrogen-bond acceptors (Lipinski definition) is 2. The molecule has 0 atom stereocenters. The van der Waals surface area contributed by atoms with Gasteiger partial charge in [-0.1, -0.05) is 43.1 Å². The van der Waals surface area contributed by atoms with Gasteiger partial charge in [0.15, 0.2) is 0 Å². The van der Waals surface area contributed by atoms with Gasteiger partial charge in [0.1, 0.15) is 5.82 Å². The van der Waals surface area contributed by atoms with Crippen LogP contribution in [0.4, 0.5) is 0 Å². The minimum Gasteiger partial charge on any atom is -0.280 e. The Balaban J connectivity index is 2.20. The van der Waals surface area contributed by atoms with Crippen LogP contribution >= 0.6 is 12.8 Å². The van der Waals surface area contributed by atoms with Gasteiger partial charge >= 0.3 is 0 Å². The van der Waals surface area contributed by atoms with Gasteiger partial charge in [-0.2, -0.15) is 0 Å². The van der Waals surface area contributed by atoms with Crippen LogP contribution in [0.15, 0.2) is 42.7 Å². The van der Waals surface area contributed by atoms with Gasteiger partial charge in [-0.05, 0) is 5.56 Å². The molecule has 0 spiro atoms. The van der Waals surface area contributed by atoms with E-state index in [9.17, 15) is 0 Å². The second kappa shape index (κ2) is 3.66. The van der Waals surface area contributed by atoms with Crippen LogP contribution in [0.3, 0.4) is 0 Å². The summed E-state index contributed by atoms with van der Waals surface area (Å²) in [5, 5.41) is 0. The number of benzene rings is 1.